The minimum atomic E-state index is -0.259. The van der Waals surface area contributed by atoms with Crippen LogP contribution in [-0.2, 0) is 0 Å². The molecule has 27 heavy (non-hydrogen) atoms. The largest absolute Gasteiger partial charge is 0.423 e. The lowest BCUT2D eigenvalue weighted by atomic mass is 10.2. The first-order chi connectivity index (χ1) is 13.1. The summed E-state index contributed by atoms with van der Waals surface area (Å²) >= 11 is 0. The maximum Gasteiger partial charge on any atom is 0.257 e. The summed E-state index contributed by atoms with van der Waals surface area (Å²) in [5, 5.41) is 14.8. The Morgan fingerprint density at radius 3 is 2.70 bits per heavy atom. The van der Waals surface area contributed by atoms with Gasteiger partial charge in [-0.1, -0.05) is 6.07 Å². The molecule has 1 aromatic carbocycles. The fourth-order valence-electron chi connectivity index (χ4n) is 2.74. The third kappa shape index (κ3) is 3.45. The van der Waals surface area contributed by atoms with Crippen molar-refractivity contribution in [2.75, 3.05) is 5.32 Å². The summed E-state index contributed by atoms with van der Waals surface area (Å²) < 4.78 is 6.92. The lowest BCUT2D eigenvalue weighted by molar-refractivity contribution is 0.102. The van der Waals surface area contributed by atoms with Crippen LogP contribution in [0.4, 0.5) is 5.69 Å². The second-order valence-electron chi connectivity index (χ2n) is 6.02. The SMILES string of the molecule is Cc1cc(C)n(-c2ccc(C(=O)Nc3cccc(-c4nnco4)c3)cn2)n1. The Hall–Kier alpha value is -3.81. The van der Waals surface area contributed by atoms with Gasteiger partial charge < -0.3 is 9.73 Å². The van der Waals surface area contributed by atoms with Gasteiger partial charge in [-0.15, -0.1) is 10.2 Å². The number of carbonyl (C=O) groups excluding carboxylic acids is 1. The molecule has 0 aliphatic heterocycles. The molecule has 0 unspecified atom stereocenters. The van der Waals surface area contributed by atoms with E-state index in [1.807, 2.05) is 26.0 Å². The van der Waals surface area contributed by atoms with Crippen LogP contribution in [0.3, 0.4) is 0 Å². The number of rotatable bonds is 4. The predicted octanol–water partition coefficient (Wildman–Crippen LogP) is 3.19. The van der Waals surface area contributed by atoms with Crippen molar-refractivity contribution in [3.63, 3.8) is 0 Å². The predicted molar refractivity (Wildman–Crippen MR) is 98.5 cm³/mol. The molecule has 0 saturated heterocycles. The van der Waals surface area contributed by atoms with Crippen molar-refractivity contribution in [2.24, 2.45) is 0 Å². The number of hydrogen-bond donors (Lipinski definition) is 1. The van der Waals surface area contributed by atoms with Crippen molar-refractivity contribution >= 4 is 11.6 Å². The maximum absolute atomic E-state index is 12.5. The zero-order valence-electron chi connectivity index (χ0n) is 14.7. The van der Waals surface area contributed by atoms with Crippen molar-refractivity contribution in [1.29, 1.82) is 0 Å². The molecule has 3 heterocycles. The van der Waals surface area contributed by atoms with Gasteiger partial charge in [0, 0.05) is 23.1 Å². The summed E-state index contributed by atoms with van der Waals surface area (Å²) in [7, 11) is 0. The van der Waals surface area contributed by atoms with E-state index >= 15 is 0 Å². The van der Waals surface area contributed by atoms with Gasteiger partial charge in [0.25, 0.3) is 5.91 Å². The highest BCUT2D eigenvalue weighted by Crippen LogP contribution is 2.21. The highest BCUT2D eigenvalue weighted by Gasteiger charge is 2.11. The van der Waals surface area contributed by atoms with Crippen LogP contribution in [-0.4, -0.2) is 30.9 Å². The fourth-order valence-corrected chi connectivity index (χ4v) is 2.74. The Balaban J connectivity index is 1.52. The highest BCUT2D eigenvalue weighted by molar-refractivity contribution is 6.04. The van der Waals surface area contributed by atoms with E-state index in [4.69, 9.17) is 4.42 Å². The number of nitrogens with one attached hydrogen (secondary N) is 1. The summed E-state index contributed by atoms with van der Waals surface area (Å²) in [6.07, 6.45) is 2.79. The van der Waals surface area contributed by atoms with E-state index in [1.54, 1.807) is 35.0 Å². The van der Waals surface area contributed by atoms with Gasteiger partial charge in [-0.05, 0) is 50.2 Å². The Morgan fingerprint density at radius 2 is 2.04 bits per heavy atom. The van der Waals surface area contributed by atoms with Gasteiger partial charge in [0.1, 0.15) is 0 Å². The minimum absolute atomic E-state index is 0.259. The first-order valence-corrected chi connectivity index (χ1v) is 8.28. The minimum Gasteiger partial charge on any atom is -0.423 e. The quantitative estimate of drug-likeness (QED) is 0.600. The van der Waals surface area contributed by atoms with Crippen LogP contribution in [0.5, 0.6) is 0 Å². The van der Waals surface area contributed by atoms with Crippen LogP contribution in [0, 0.1) is 13.8 Å². The van der Waals surface area contributed by atoms with Gasteiger partial charge in [0.2, 0.25) is 12.3 Å². The number of hydrogen-bond acceptors (Lipinski definition) is 6. The zero-order chi connectivity index (χ0) is 18.8. The number of aryl methyl sites for hydroxylation is 2. The van der Waals surface area contributed by atoms with E-state index in [0.717, 1.165) is 17.0 Å². The number of anilines is 1. The molecule has 4 aromatic rings. The lowest BCUT2D eigenvalue weighted by Gasteiger charge is -2.07. The van der Waals surface area contributed by atoms with Crippen LogP contribution < -0.4 is 5.32 Å². The molecule has 0 saturated carbocycles. The van der Waals surface area contributed by atoms with Gasteiger partial charge in [0.15, 0.2) is 5.82 Å². The normalized spacial score (nSPS) is 10.7. The van der Waals surface area contributed by atoms with Crippen LogP contribution in [0.15, 0.2) is 59.5 Å². The number of aromatic nitrogens is 5. The molecule has 1 amide bonds. The summed E-state index contributed by atoms with van der Waals surface area (Å²) in [6.45, 7) is 3.88. The van der Waals surface area contributed by atoms with E-state index in [9.17, 15) is 4.79 Å². The van der Waals surface area contributed by atoms with Gasteiger partial charge in [-0.3, -0.25) is 4.79 Å². The van der Waals surface area contributed by atoms with Crippen molar-refractivity contribution < 1.29 is 9.21 Å². The van der Waals surface area contributed by atoms with E-state index in [-0.39, 0.29) is 5.91 Å². The molecule has 0 aliphatic carbocycles. The topological polar surface area (TPSA) is 98.7 Å². The molecule has 0 spiro atoms. The molecular formula is C19H16N6O2. The highest BCUT2D eigenvalue weighted by atomic mass is 16.4. The van der Waals surface area contributed by atoms with Crippen LogP contribution in [0.1, 0.15) is 21.7 Å². The van der Waals surface area contributed by atoms with Crippen molar-refractivity contribution in [3.8, 4) is 17.3 Å². The van der Waals surface area contributed by atoms with E-state index in [2.05, 4.69) is 25.6 Å². The molecule has 8 nitrogen and oxygen atoms in total. The average Bonchev–Trinajstić information content (AvgIpc) is 3.32. The molecule has 0 bridgehead atoms. The Bertz CT molecular complexity index is 1080. The van der Waals surface area contributed by atoms with Gasteiger partial charge >= 0.3 is 0 Å². The summed E-state index contributed by atoms with van der Waals surface area (Å²) in [5.41, 5.74) is 3.69. The Kier molecular flexibility index (Phi) is 4.21. The molecule has 3 aromatic heterocycles. The second kappa shape index (κ2) is 6.83. The van der Waals surface area contributed by atoms with E-state index in [0.29, 0.717) is 23.0 Å². The van der Waals surface area contributed by atoms with Crippen molar-refractivity contribution in [1.82, 2.24) is 25.0 Å². The molecule has 134 valence electrons. The molecule has 0 fully saturated rings. The molecule has 8 heteroatoms. The van der Waals surface area contributed by atoms with Crippen molar-refractivity contribution in [3.05, 3.63) is 72.0 Å². The van der Waals surface area contributed by atoms with Gasteiger partial charge in [0.05, 0.1) is 11.3 Å². The molecular weight excluding hydrogens is 344 g/mol. The lowest BCUT2D eigenvalue weighted by Crippen LogP contribution is -2.13. The molecule has 0 atom stereocenters. The third-order valence-corrected chi connectivity index (χ3v) is 3.96. The molecule has 1 N–H and O–H groups in total. The Labute approximate surface area is 154 Å². The van der Waals surface area contributed by atoms with Crippen molar-refractivity contribution in [2.45, 2.75) is 13.8 Å². The van der Waals surface area contributed by atoms with Crippen LogP contribution >= 0.6 is 0 Å². The number of nitrogens with zero attached hydrogens (tertiary/aromatic N) is 5. The molecule has 4 rings (SSSR count). The molecule has 0 aliphatic rings. The fraction of sp³-hybridized carbons (Fsp3) is 0.105. The first kappa shape index (κ1) is 16.6. The van der Waals surface area contributed by atoms with Gasteiger partial charge in [-0.25, -0.2) is 9.67 Å². The monoisotopic (exact) mass is 360 g/mol. The summed E-state index contributed by atoms with van der Waals surface area (Å²) in [4.78, 5) is 16.9. The van der Waals surface area contributed by atoms with Crippen LogP contribution in [0.2, 0.25) is 0 Å². The zero-order valence-corrected chi connectivity index (χ0v) is 14.7. The maximum atomic E-state index is 12.5. The first-order valence-electron chi connectivity index (χ1n) is 8.28. The standard InChI is InChI=1S/C19H16N6O2/c1-12-8-13(2)25(24-12)17-7-6-15(10-20-17)18(26)22-16-5-3-4-14(9-16)19-23-21-11-27-19/h3-11H,1-2H3,(H,22,26). The van der Waals surface area contributed by atoms with Gasteiger partial charge in [-0.2, -0.15) is 5.10 Å². The number of carbonyl (C=O) groups is 1. The van der Waals surface area contributed by atoms with Crippen LogP contribution in [0.25, 0.3) is 17.3 Å². The third-order valence-electron chi connectivity index (χ3n) is 3.96. The molecule has 0 radical (unpaired) electrons. The summed E-state index contributed by atoms with van der Waals surface area (Å²) in [6, 6.07) is 12.6. The van der Waals surface area contributed by atoms with E-state index < -0.39 is 0 Å². The number of pyridine rings is 1. The number of amides is 1. The average molecular weight is 360 g/mol. The van der Waals surface area contributed by atoms with E-state index in [1.165, 1.54) is 12.6 Å². The summed E-state index contributed by atoms with van der Waals surface area (Å²) in [5.74, 6) is 0.794. The number of benzene rings is 1. The second-order valence-corrected chi connectivity index (χ2v) is 6.02. The Morgan fingerprint density at radius 1 is 1.15 bits per heavy atom. The smallest absolute Gasteiger partial charge is 0.257 e.